The molecule has 0 unspecified atom stereocenters. The first-order valence-corrected chi connectivity index (χ1v) is 11.0. The van der Waals surface area contributed by atoms with Crippen LogP contribution >= 0.6 is 0 Å². The Balaban J connectivity index is 1.56. The molecule has 0 fully saturated rings. The second-order valence-corrected chi connectivity index (χ2v) is 8.69. The molecule has 3 rings (SSSR count). The van der Waals surface area contributed by atoms with Gasteiger partial charge in [0.15, 0.2) is 0 Å². The Hall–Kier alpha value is -2.97. The first-order valence-electron chi connectivity index (χ1n) is 9.48. The molecule has 0 aliphatic carbocycles. The van der Waals surface area contributed by atoms with Gasteiger partial charge in [0.1, 0.15) is 12.4 Å². The Bertz CT molecular complexity index is 1110. The van der Waals surface area contributed by atoms with Crippen molar-refractivity contribution in [2.24, 2.45) is 0 Å². The summed E-state index contributed by atoms with van der Waals surface area (Å²) in [5.41, 5.74) is 4.26. The van der Waals surface area contributed by atoms with Crippen LogP contribution in [0.5, 0.6) is 11.6 Å². The van der Waals surface area contributed by atoms with Crippen LogP contribution in [-0.2, 0) is 10.0 Å². The smallest absolute Gasteiger partial charge is 0.240 e. The van der Waals surface area contributed by atoms with Crippen LogP contribution in [-0.4, -0.2) is 38.9 Å². The number of rotatable bonds is 8. The highest BCUT2D eigenvalue weighted by Crippen LogP contribution is 2.25. The molecule has 7 nitrogen and oxygen atoms in total. The maximum absolute atomic E-state index is 12.6. The Labute approximate surface area is 177 Å². The highest BCUT2D eigenvalue weighted by atomic mass is 32.2. The molecule has 0 aliphatic rings. The fourth-order valence-electron chi connectivity index (χ4n) is 2.96. The SMILES string of the molecule is COc1cc(C)c(S(=O)(=O)NCCOc2ccc(-c3ccc(C)cc3)nn2)cc1C. The van der Waals surface area contributed by atoms with Crippen LogP contribution in [0.1, 0.15) is 16.7 Å². The summed E-state index contributed by atoms with van der Waals surface area (Å²) < 4.78 is 38.5. The molecule has 1 N–H and O–H groups in total. The largest absolute Gasteiger partial charge is 0.496 e. The zero-order chi connectivity index (χ0) is 21.7. The molecule has 0 saturated carbocycles. The van der Waals surface area contributed by atoms with E-state index in [0.717, 1.165) is 16.8 Å². The van der Waals surface area contributed by atoms with Crippen molar-refractivity contribution >= 4 is 10.0 Å². The Morgan fingerprint density at radius 2 is 1.67 bits per heavy atom. The van der Waals surface area contributed by atoms with Gasteiger partial charge in [-0.1, -0.05) is 29.8 Å². The molecule has 0 saturated heterocycles. The molecule has 0 amide bonds. The van der Waals surface area contributed by atoms with E-state index in [2.05, 4.69) is 14.9 Å². The van der Waals surface area contributed by atoms with Crippen LogP contribution < -0.4 is 14.2 Å². The number of hydrogen-bond acceptors (Lipinski definition) is 6. The van der Waals surface area contributed by atoms with E-state index in [-0.39, 0.29) is 18.0 Å². The van der Waals surface area contributed by atoms with Crippen molar-refractivity contribution in [2.75, 3.05) is 20.3 Å². The van der Waals surface area contributed by atoms with Gasteiger partial charge < -0.3 is 9.47 Å². The lowest BCUT2D eigenvalue weighted by molar-refractivity contribution is 0.307. The molecule has 1 heterocycles. The summed E-state index contributed by atoms with van der Waals surface area (Å²) >= 11 is 0. The molecular formula is C22H25N3O4S. The molecule has 8 heteroatoms. The Kier molecular flexibility index (Phi) is 6.69. The average molecular weight is 428 g/mol. The molecule has 2 aromatic carbocycles. The molecule has 0 bridgehead atoms. The maximum atomic E-state index is 12.6. The normalized spacial score (nSPS) is 11.3. The standard InChI is InChI=1S/C22H25N3O4S/c1-15-5-7-18(8-6-15)19-9-10-22(25-24-19)29-12-11-23-30(26,27)21-14-16(2)20(28-4)13-17(21)3/h5-10,13-14,23H,11-12H2,1-4H3. The van der Waals surface area contributed by atoms with E-state index in [9.17, 15) is 8.42 Å². The third-order valence-corrected chi connectivity index (χ3v) is 6.22. The topological polar surface area (TPSA) is 90.4 Å². The summed E-state index contributed by atoms with van der Waals surface area (Å²) in [5, 5.41) is 8.22. The average Bonchev–Trinajstić information content (AvgIpc) is 2.73. The summed E-state index contributed by atoms with van der Waals surface area (Å²) in [7, 11) is -2.10. The number of ether oxygens (including phenoxy) is 2. The second-order valence-electron chi connectivity index (χ2n) is 6.96. The summed E-state index contributed by atoms with van der Waals surface area (Å²) in [6, 6.07) is 14.8. The first kappa shape index (κ1) is 21.7. The molecule has 30 heavy (non-hydrogen) atoms. The lowest BCUT2D eigenvalue weighted by atomic mass is 10.1. The quantitative estimate of drug-likeness (QED) is 0.554. The lowest BCUT2D eigenvalue weighted by Crippen LogP contribution is -2.29. The van der Waals surface area contributed by atoms with Crippen LogP contribution in [0.2, 0.25) is 0 Å². The van der Waals surface area contributed by atoms with E-state index in [0.29, 0.717) is 17.2 Å². The van der Waals surface area contributed by atoms with Crippen molar-refractivity contribution in [1.29, 1.82) is 0 Å². The summed E-state index contributed by atoms with van der Waals surface area (Å²) in [6.45, 7) is 5.80. The first-order chi connectivity index (χ1) is 14.3. The van der Waals surface area contributed by atoms with Gasteiger partial charge in [0, 0.05) is 18.2 Å². The van der Waals surface area contributed by atoms with Crippen LogP contribution in [0.4, 0.5) is 0 Å². The van der Waals surface area contributed by atoms with Crippen molar-refractivity contribution in [1.82, 2.24) is 14.9 Å². The van der Waals surface area contributed by atoms with E-state index >= 15 is 0 Å². The Morgan fingerprint density at radius 3 is 2.30 bits per heavy atom. The summed E-state index contributed by atoms with van der Waals surface area (Å²) in [4.78, 5) is 0.225. The molecule has 158 valence electrons. The number of hydrogen-bond donors (Lipinski definition) is 1. The highest BCUT2D eigenvalue weighted by Gasteiger charge is 2.18. The maximum Gasteiger partial charge on any atom is 0.240 e. The summed E-state index contributed by atoms with van der Waals surface area (Å²) in [5.74, 6) is 0.990. The zero-order valence-corrected chi connectivity index (χ0v) is 18.3. The van der Waals surface area contributed by atoms with Crippen molar-refractivity contribution in [2.45, 2.75) is 25.7 Å². The minimum Gasteiger partial charge on any atom is -0.496 e. The van der Waals surface area contributed by atoms with Crippen molar-refractivity contribution in [3.8, 4) is 22.9 Å². The van der Waals surface area contributed by atoms with Gasteiger partial charge in [-0.05, 0) is 50.1 Å². The van der Waals surface area contributed by atoms with Gasteiger partial charge >= 0.3 is 0 Å². The van der Waals surface area contributed by atoms with Crippen molar-refractivity contribution < 1.29 is 17.9 Å². The molecule has 0 aliphatic heterocycles. The van der Waals surface area contributed by atoms with E-state index in [1.54, 1.807) is 39.2 Å². The van der Waals surface area contributed by atoms with Gasteiger partial charge in [-0.25, -0.2) is 13.1 Å². The number of benzene rings is 2. The van der Waals surface area contributed by atoms with E-state index < -0.39 is 10.0 Å². The van der Waals surface area contributed by atoms with Gasteiger partial charge in [-0.15, -0.1) is 10.2 Å². The van der Waals surface area contributed by atoms with Crippen molar-refractivity contribution in [3.05, 3.63) is 65.2 Å². The van der Waals surface area contributed by atoms with Gasteiger partial charge in [0.2, 0.25) is 15.9 Å². The van der Waals surface area contributed by atoms with Gasteiger partial charge in [0.05, 0.1) is 17.7 Å². The zero-order valence-electron chi connectivity index (χ0n) is 17.5. The number of nitrogens with one attached hydrogen (secondary N) is 1. The van der Waals surface area contributed by atoms with E-state index in [4.69, 9.17) is 9.47 Å². The fraction of sp³-hybridized carbons (Fsp3) is 0.273. The van der Waals surface area contributed by atoms with Crippen LogP contribution in [0.25, 0.3) is 11.3 Å². The van der Waals surface area contributed by atoms with Crippen molar-refractivity contribution in [3.63, 3.8) is 0 Å². The highest BCUT2D eigenvalue weighted by molar-refractivity contribution is 7.89. The number of methoxy groups -OCH3 is 1. The third-order valence-electron chi connectivity index (χ3n) is 4.61. The van der Waals surface area contributed by atoms with Gasteiger partial charge in [-0.3, -0.25) is 0 Å². The fourth-order valence-corrected chi connectivity index (χ4v) is 4.28. The second kappa shape index (κ2) is 9.23. The lowest BCUT2D eigenvalue weighted by Gasteiger charge is -2.13. The molecule has 0 spiro atoms. The molecule has 0 radical (unpaired) electrons. The van der Waals surface area contributed by atoms with E-state index in [1.807, 2.05) is 37.3 Å². The van der Waals surface area contributed by atoms with Gasteiger partial charge in [-0.2, -0.15) is 0 Å². The molecule has 0 atom stereocenters. The molecule has 1 aromatic heterocycles. The van der Waals surface area contributed by atoms with Crippen LogP contribution in [0, 0.1) is 20.8 Å². The minimum absolute atomic E-state index is 0.105. The summed E-state index contributed by atoms with van der Waals surface area (Å²) in [6.07, 6.45) is 0. The number of sulfonamides is 1. The number of aromatic nitrogens is 2. The number of aryl methyl sites for hydroxylation is 3. The van der Waals surface area contributed by atoms with E-state index in [1.165, 1.54) is 5.56 Å². The monoisotopic (exact) mass is 427 g/mol. The predicted octanol–water partition coefficient (Wildman–Crippen LogP) is 3.43. The Morgan fingerprint density at radius 1 is 0.933 bits per heavy atom. The molecule has 3 aromatic rings. The third kappa shape index (κ3) is 5.14. The van der Waals surface area contributed by atoms with Crippen LogP contribution in [0.15, 0.2) is 53.4 Å². The number of nitrogens with zero attached hydrogens (tertiary/aromatic N) is 2. The predicted molar refractivity (Wildman–Crippen MR) is 115 cm³/mol. The van der Waals surface area contributed by atoms with Gasteiger partial charge in [0.25, 0.3) is 0 Å². The molecular weight excluding hydrogens is 402 g/mol. The van der Waals surface area contributed by atoms with Crippen LogP contribution in [0.3, 0.4) is 0 Å². The minimum atomic E-state index is -3.66.